The molecule has 2 aromatic rings. The highest BCUT2D eigenvalue weighted by atomic mass is 19.3. The summed E-state index contributed by atoms with van der Waals surface area (Å²) in [6.45, 7) is -2.68. The van der Waals surface area contributed by atoms with Gasteiger partial charge in [-0.3, -0.25) is 0 Å². The van der Waals surface area contributed by atoms with Crippen LogP contribution in [0.25, 0.3) is 0 Å². The number of rotatable bonds is 5. The van der Waals surface area contributed by atoms with E-state index in [1.807, 2.05) is 12.1 Å². The van der Waals surface area contributed by atoms with E-state index in [2.05, 4.69) is 10.1 Å². The third-order valence-corrected chi connectivity index (χ3v) is 2.70. The first-order valence-corrected chi connectivity index (χ1v) is 6.06. The normalized spacial score (nSPS) is 10.2. The lowest BCUT2D eigenvalue weighted by molar-refractivity contribution is -0.0521. The molecule has 0 aliphatic carbocycles. The van der Waals surface area contributed by atoms with Crippen LogP contribution in [0.15, 0.2) is 42.5 Å². The maximum Gasteiger partial charge on any atom is 0.387 e. The number of nitriles is 1. The Bertz CT molecular complexity index is 668. The maximum absolute atomic E-state index is 13.5. The minimum absolute atomic E-state index is 0.379. The van der Waals surface area contributed by atoms with Crippen LogP contribution in [0.5, 0.6) is 5.75 Å². The molecule has 0 spiro atoms. The molecule has 3 nitrogen and oxygen atoms in total. The first kappa shape index (κ1) is 14.7. The Kier molecular flexibility index (Phi) is 4.67. The summed E-state index contributed by atoms with van der Waals surface area (Å²) < 4.78 is 41.6. The van der Waals surface area contributed by atoms with Crippen LogP contribution in [0, 0.1) is 17.1 Å². The first-order valence-electron chi connectivity index (χ1n) is 6.06. The zero-order valence-corrected chi connectivity index (χ0v) is 10.8. The number of hydrogen-bond donors (Lipinski definition) is 1. The van der Waals surface area contributed by atoms with Crippen LogP contribution in [0.4, 0.5) is 18.9 Å². The first-order chi connectivity index (χ1) is 10.1. The second kappa shape index (κ2) is 6.66. The van der Waals surface area contributed by atoms with E-state index in [0.29, 0.717) is 17.8 Å². The molecule has 0 aliphatic heterocycles. The number of nitrogens with one attached hydrogen (secondary N) is 1. The van der Waals surface area contributed by atoms with Crippen LogP contribution in [0.2, 0.25) is 0 Å². The Labute approximate surface area is 119 Å². The van der Waals surface area contributed by atoms with E-state index in [4.69, 9.17) is 5.26 Å². The van der Waals surface area contributed by atoms with Gasteiger partial charge in [0.25, 0.3) is 0 Å². The van der Waals surface area contributed by atoms with Gasteiger partial charge in [-0.25, -0.2) is 4.39 Å². The van der Waals surface area contributed by atoms with Gasteiger partial charge in [-0.1, -0.05) is 12.1 Å². The highest BCUT2D eigenvalue weighted by Crippen LogP contribution is 2.23. The molecule has 1 N–H and O–H groups in total. The van der Waals surface area contributed by atoms with Gasteiger partial charge in [0.05, 0.1) is 11.6 Å². The smallest absolute Gasteiger partial charge is 0.387 e. The third kappa shape index (κ3) is 4.14. The van der Waals surface area contributed by atoms with Crippen LogP contribution in [-0.2, 0) is 6.54 Å². The molecule has 21 heavy (non-hydrogen) atoms. The lowest BCUT2D eigenvalue weighted by Gasteiger charge is -2.10. The van der Waals surface area contributed by atoms with Crippen molar-refractivity contribution in [2.45, 2.75) is 13.2 Å². The van der Waals surface area contributed by atoms with Crippen molar-refractivity contribution in [3.63, 3.8) is 0 Å². The largest absolute Gasteiger partial charge is 0.432 e. The Morgan fingerprint density at radius 2 is 2.00 bits per heavy atom. The highest BCUT2D eigenvalue weighted by molar-refractivity contribution is 5.48. The van der Waals surface area contributed by atoms with E-state index in [1.165, 1.54) is 6.07 Å². The number of anilines is 1. The van der Waals surface area contributed by atoms with E-state index in [-0.39, 0.29) is 0 Å². The second-order valence-electron chi connectivity index (χ2n) is 4.19. The number of benzene rings is 2. The van der Waals surface area contributed by atoms with Crippen molar-refractivity contribution in [2.24, 2.45) is 0 Å². The van der Waals surface area contributed by atoms with Gasteiger partial charge in [0.2, 0.25) is 0 Å². The maximum atomic E-state index is 13.5. The molecule has 0 aliphatic rings. The molecule has 108 valence electrons. The molecule has 0 heterocycles. The van der Waals surface area contributed by atoms with Gasteiger partial charge >= 0.3 is 6.61 Å². The Balaban J connectivity index is 2.03. The Morgan fingerprint density at radius 3 is 2.67 bits per heavy atom. The monoisotopic (exact) mass is 292 g/mol. The fourth-order valence-electron chi connectivity index (χ4n) is 1.76. The molecular formula is C15H11F3N2O. The number of nitrogens with zero attached hydrogens (tertiary/aromatic N) is 1. The predicted molar refractivity (Wildman–Crippen MR) is 71.5 cm³/mol. The molecule has 0 bridgehead atoms. The number of alkyl halides is 2. The van der Waals surface area contributed by atoms with E-state index >= 15 is 0 Å². The number of halogens is 3. The summed E-state index contributed by atoms with van der Waals surface area (Å²) in [6, 6.07) is 12.6. The molecule has 2 aromatic carbocycles. The van der Waals surface area contributed by atoms with E-state index in [9.17, 15) is 13.2 Å². The van der Waals surface area contributed by atoms with Crippen LogP contribution in [0.1, 0.15) is 11.1 Å². The molecule has 0 amide bonds. The highest BCUT2D eigenvalue weighted by Gasteiger charge is 2.10. The Morgan fingerprint density at radius 1 is 1.19 bits per heavy atom. The summed E-state index contributed by atoms with van der Waals surface area (Å²) in [4.78, 5) is 0. The average molecular weight is 292 g/mol. The van der Waals surface area contributed by atoms with Crippen molar-refractivity contribution in [1.82, 2.24) is 0 Å². The number of hydrogen-bond acceptors (Lipinski definition) is 3. The zero-order valence-electron chi connectivity index (χ0n) is 10.8. The van der Waals surface area contributed by atoms with Gasteiger partial charge in [-0.2, -0.15) is 14.0 Å². The molecule has 0 aromatic heterocycles. The lowest BCUT2D eigenvalue weighted by atomic mass is 10.1. The standard InChI is InChI=1S/C15H11F3N2O/c16-13-7-12(4-5-14(13)21-15(17)18)20-9-11-3-1-2-10(6-11)8-19/h1-7,15,20H,9H2. The Hall–Kier alpha value is -2.68. The van der Waals surface area contributed by atoms with Crippen LogP contribution in [0.3, 0.4) is 0 Å². The zero-order chi connectivity index (χ0) is 15.2. The molecule has 2 rings (SSSR count). The molecule has 0 atom stereocenters. The molecule has 0 saturated heterocycles. The van der Waals surface area contributed by atoms with Gasteiger partial charge in [0.15, 0.2) is 11.6 Å². The predicted octanol–water partition coefficient (Wildman–Crippen LogP) is 3.91. The van der Waals surface area contributed by atoms with Crippen molar-refractivity contribution in [2.75, 3.05) is 5.32 Å². The molecule has 0 fully saturated rings. The van der Waals surface area contributed by atoms with Crippen molar-refractivity contribution >= 4 is 5.69 Å². The minimum atomic E-state index is -3.06. The van der Waals surface area contributed by atoms with E-state index in [0.717, 1.165) is 17.7 Å². The van der Waals surface area contributed by atoms with Crippen molar-refractivity contribution in [3.8, 4) is 11.8 Å². The van der Waals surface area contributed by atoms with Crippen LogP contribution < -0.4 is 10.1 Å². The van der Waals surface area contributed by atoms with Gasteiger partial charge in [0, 0.05) is 18.3 Å². The van der Waals surface area contributed by atoms with E-state index < -0.39 is 18.2 Å². The van der Waals surface area contributed by atoms with Crippen LogP contribution >= 0.6 is 0 Å². The van der Waals surface area contributed by atoms with Crippen molar-refractivity contribution < 1.29 is 17.9 Å². The van der Waals surface area contributed by atoms with Crippen LogP contribution in [-0.4, -0.2) is 6.61 Å². The topological polar surface area (TPSA) is 45.0 Å². The summed E-state index contributed by atoms with van der Waals surface area (Å²) in [5.74, 6) is -1.37. The molecule has 0 unspecified atom stereocenters. The fourth-order valence-corrected chi connectivity index (χ4v) is 1.76. The molecular weight excluding hydrogens is 281 g/mol. The summed E-state index contributed by atoms with van der Waals surface area (Å²) in [5, 5.41) is 11.7. The summed E-state index contributed by atoms with van der Waals surface area (Å²) in [6.07, 6.45) is 0. The van der Waals surface area contributed by atoms with Gasteiger partial charge in [0.1, 0.15) is 0 Å². The summed E-state index contributed by atoms with van der Waals surface area (Å²) in [7, 11) is 0. The van der Waals surface area contributed by atoms with Gasteiger partial charge in [-0.05, 0) is 29.8 Å². The summed E-state index contributed by atoms with van der Waals surface area (Å²) in [5.41, 5.74) is 1.81. The number of ether oxygens (including phenoxy) is 1. The quantitative estimate of drug-likeness (QED) is 0.908. The van der Waals surface area contributed by atoms with Crippen molar-refractivity contribution in [3.05, 3.63) is 59.4 Å². The van der Waals surface area contributed by atoms with Gasteiger partial charge < -0.3 is 10.1 Å². The second-order valence-corrected chi connectivity index (χ2v) is 4.19. The lowest BCUT2D eigenvalue weighted by Crippen LogP contribution is -2.05. The summed E-state index contributed by atoms with van der Waals surface area (Å²) >= 11 is 0. The molecule has 0 radical (unpaired) electrons. The third-order valence-electron chi connectivity index (χ3n) is 2.70. The average Bonchev–Trinajstić information content (AvgIpc) is 2.47. The minimum Gasteiger partial charge on any atom is -0.432 e. The van der Waals surface area contributed by atoms with Gasteiger partial charge in [-0.15, -0.1) is 0 Å². The molecule has 6 heteroatoms. The van der Waals surface area contributed by atoms with E-state index in [1.54, 1.807) is 18.2 Å². The molecule has 0 saturated carbocycles. The fraction of sp³-hybridized carbons (Fsp3) is 0.133. The SMILES string of the molecule is N#Cc1cccc(CNc2ccc(OC(F)F)c(F)c2)c1. The van der Waals surface area contributed by atoms with Crippen molar-refractivity contribution in [1.29, 1.82) is 5.26 Å².